The first-order chi connectivity index (χ1) is 18.0. The monoisotopic (exact) mass is 485 g/mol. The number of hydrogen-bond donors (Lipinski definition) is 1. The Morgan fingerprint density at radius 3 is 2.22 bits per heavy atom. The number of amides is 1. The first kappa shape index (κ1) is 24.3. The van der Waals surface area contributed by atoms with E-state index < -0.39 is 0 Å². The van der Waals surface area contributed by atoms with Gasteiger partial charge in [0.15, 0.2) is 0 Å². The van der Waals surface area contributed by atoms with Gasteiger partial charge in [0, 0.05) is 5.56 Å². The van der Waals surface area contributed by atoms with Gasteiger partial charge < -0.3 is 5.32 Å². The summed E-state index contributed by atoms with van der Waals surface area (Å²) in [6, 6.07) is 36.5. The van der Waals surface area contributed by atoms with Gasteiger partial charge in [0.25, 0.3) is 5.91 Å². The number of hydrogen-bond acceptors (Lipinski definition) is 2. The average molecular weight is 486 g/mol. The Hall–Kier alpha value is -4.44. The fraction of sp³-hybridized carbons (Fsp3) is 0.152. The topological polar surface area (TPSA) is 46.9 Å². The van der Waals surface area contributed by atoms with Crippen LogP contribution in [-0.2, 0) is 6.42 Å². The first-order valence-electron chi connectivity index (χ1n) is 12.6. The lowest BCUT2D eigenvalue weighted by molar-refractivity contribution is 0.0928. The summed E-state index contributed by atoms with van der Waals surface area (Å²) in [7, 11) is 0. The molecule has 0 saturated heterocycles. The second-order valence-corrected chi connectivity index (χ2v) is 9.59. The maximum Gasteiger partial charge on any atom is 0.270 e. The van der Waals surface area contributed by atoms with Crippen molar-refractivity contribution < 1.29 is 4.79 Å². The molecule has 1 unspecified atom stereocenters. The smallest absolute Gasteiger partial charge is 0.270 e. The van der Waals surface area contributed by atoms with Gasteiger partial charge in [-0.2, -0.15) is 5.10 Å². The van der Waals surface area contributed by atoms with E-state index in [-0.39, 0.29) is 11.9 Å². The molecule has 0 radical (unpaired) electrons. The Morgan fingerprint density at radius 2 is 1.51 bits per heavy atom. The molecule has 4 nitrogen and oxygen atoms in total. The number of nitrogens with zero attached hydrogens (tertiary/aromatic N) is 2. The molecule has 1 aromatic heterocycles. The van der Waals surface area contributed by atoms with E-state index >= 15 is 0 Å². The van der Waals surface area contributed by atoms with Gasteiger partial charge in [0.05, 0.1) is 17.4 Å². The molecule has 37 heavy (non-hydrogen) atoms. The van der Waals surface area contributed by atoms with E-state index in [0.29, 0.717) is 12.1 Å². The third-order valence-corrected chi connectivity index (χ3v) is 6.78. The highest BCUT2D eigenvalue weighted by Gasteiger charge is 2.22. The van der Waals surface area contributed by atoms with Crippen LogP contribution in [0, 0.1) is 20.8 Å². The Morgan fingerprint density at radius 1 is 0.784 bits per heavy atom. The minimum Gasteiger partial charge on any atom is -0.344 e. The van der Waals surface area contributed by atoms with E-state index in [1.807, 2.05) is 73.7 Å². The van der Waals surface area contributed by atoms with Crippen LogP contribution in [0.25, 0.3) is 16.9 Å². The van der Waals surface area contributed by atoms with Crippen LogP contribution in [0.4, 0.5) is 0 Å². The lowest BCUT2D eigenvalue weighted by Gasteiger charge is -2.20. The zero-order valence-electron chi connectivity index (χ0n) is 21.5. The molecule has 0 saturated carbocycles. The minimum absolute atomic E-state index is 0.158. The normalized spacial score (nSPS) is 11.8. The van der Waals surface area contributed by atoms with Crippen molar-refractivity contribution in [3.63, 3.8) is 0 Å². The zero-order chi connectivity index (χ0) is 25.8. The van der Waals surface area contributed by atoms with E-state index in [1.54, 1.807) is 4.68 Å². The molecule has 1 amide bonds. The Labute approximate surface area is 218 Å². The van der Waals surface area contributed by atoms with Gasteiger partial charge in [-0.3, -0.25) is 4.79 Å². The van der Waals surface area contributed by atoms with E-state index in [4.69, 9.17) is 5.10 Å². The first-order valence-corrected chi connectivity index (χ1v) is 12.6. The predicted molar refractivity (Wildman–Crippen MR) is 150 cm³/mol. The van der Waals surface area contributed by atoms with Crippen molar-refractivity contribution in [2.75, 3.05) is 0 Å². The van der Waals surface area contributed by atoms with Crippen molar-refractivity contribution in [2.45, 2.75) is 33.2 Å². The highest BCUT2D eigenvalue weighted by Crippen LogP contribution is 2.26. The molecule has 0 aliphatic rings. The summed E-state index contributed by atoms with van der Waals surface area (Å²) < 4.78 is 1.76. The maximum atomic E-state index is 13.9. The van der Waals surface area contributed by atoms with Crippen molar-refractivity contribution in [3.8, 4) is 16.9 Å². The van der Waals surface area contributed by atoms with Gasteiger partial charge in [-0.05, 0) is 79.3 Å². The molecule has 4 aromatic carbocycles. The molecule has 1 N–H and O–H groups in total. The Kier molecular flexibility index (Phi) is 7.00. The van der Waals surface area contributed by atoms with E-state index in [1.165, 1.54) is 16.7 Å². The van der Waals surface area contributed by atoms with Crippen LogP contribution in [0.2, 0.25) is 0 Å². The fourth-order valence-electron chi connectivity index (χ4n) is 4.56. The van der Waals surface area contributed by atoms with Crippen molar-refractivity contribution >= 4 is 5.91 Å². The van der Waals surface area contributed by atoms with Crippen LogP contribution in [0.1, 0.15) is 44.3 Å². The van der Waals surface area contributed by atoms with Crippen LogP contribution >= 0.6 is 0 Å². The third kappa shape index (κ3) is 5.54. The quantitative estimate of drug-likeness (QED) is 0.265. The predicted octanol–water partition coefficient (Wildman–Crippen LogP) is 7.18. The molecule has 1 heterocycles. The van der Waals surface area contributed by atoms with Crippen molar-refractivity contribution in [2.24, 2.45) is 0 Å². The number of carbonyl (C=O) groups excluding carboxylic acids is 1. The molecule has 0 aliphatic carbocycles. The molecule has 5 aromatic rings. The molecule has 4 heteroatoms. The highest BCUT2D eigenvalue weighted by molar-refractivity contribution is 5.94. The van der Waals surface area contributed by atoms with E-state index in [9.17, 15) is 4.79 Å². The summed E-state index contributed by atoms with van der Waals surface area (Å²) in [6.45, 7) is 6.24. The van der Waals surface area contributed by atoms with Gasteiger partial charge in [0.1, 0.15) is 5.69 Å². The molecular formula is C33H31N3O. The summed E-state index contributed by atoms with van der Waals surface area (Å²) in [5.41, 5.74) is 8.90. The molecule has 0 fully saturated rings. The molecule has 0 aliphatic heterocycles. The van der Waals surface area contributed by atoms with E-state index in [2.05, 4.69) is 61.6 Å². The van der Waals surface area contributed by atoms with Gasteiger partial charge in [0.2, 0.25) is 0 Å². The highest BCUT2D eigenvalue weighted by atomic mass is 16.2. The van der Waals surface area contributed by atoms with Crippen molar-refractivity contribution in [1.82, 2.24) is 15.1 Å². The summed E-state index contributed by atoms with van der Waals surface area (Å²) >= 11 is 0. The third-order valence-electron chi connectivity index (χ3n) is 6.78. The fourth-order valence-corrected chi connectivity index (χ4v) is 4.56. The molecular weight excluding hydrogens is 454 g/mol. The SMILES string of the molecule is Cc1cccc(-n2nc(-c3ccc(C)c(C)c3)cc2C(=O)NC(Cc2ccccc2)c2ccccc2)c1. The molecule has 5 rings (SSSR count). The molecule has 184 valence electrons. The van der Waals surface area contributed by atoms with Crippen LogP contribution < -0.4 is 5.32 Å². The summed E-state index contributed by atoms with van der Waals surface area (Å²) in [6.07, 6.45) is 0.694. The number of carbonyl (C=O) groups is 1. The number of nitrogens with one attached hydrogen (secondary N) is 1. The second-order valence-electron chi connectivity index (χ2n) is 9.59. The van der Waals surface area contributed by atoms with E-state index in [0.717, 1.165) is 28.1 Å². The lowest BCUT2D eigenvalue weighted by Crippen LogP contribution is -2.31. The van der Waals surface area contributed by atoms with Crippen LogP contribution in [0.5, 0.6) is 0 Å². The molecule has 1 atom stereocenters. The number of rotatable bonds is 7. The largest absolute Gasteiger partial charge is 0.344 e. The van der Waals surface area contributed by atoms with Crippen LogP contribution in [-0.4, -0.2) is 15.7 Å². The van der Waals surface area contributed by atoms with Gasteiger partial charge in [-0.25, -0.2) is 4.68 Å². The standard InChI is InChI=1S/C33H31N3O/c1-23-11-10-16-29(19-23)36-32(22-31(35-36)28-18-17-24(2)25(3)20-28)33(37)34-30(27-14-8-5-9-15-27)21-26-12-6-4-7-13-26/h4-20,22,30H,21H2,1-3H3,(H,34,37). The van der Waals surface area contributed by atoms with Crippen LogP contribution in [0.3, 0.4) is 0 Å². The van der Waals surface area contributed by atoms with Crippen LogP contribution in [0.15, 0.2) is 109 Å². The van der Waals surface area contributed by atoms with Crippen molar-refractivity contribution in [3.05, 3.63) is 143 Å². The minimum atomic E-state index is -0.179. The summed E-state index contributed by atoms with van der Waals surface area (Å²) in [4.78, 5) is 13.9. The summed E-state index contributed by atoms with van der Waals surface area (Å²) in [5, 5.41) is 8.21. The van der Waals surface area contributed by atoms with Gasteiger partial charge in [-0.1, -0.05) is 84.9 Å². The Bertz CT molecular complexity index is 1520. The maximum absolute atomic E-state index is 13.9. The lowest BCUT2D eigenvalue weighted by atomic mass is 9.98. The summed E-state index contributed by atoms with van der Waals surface area (Å²) in [5.74, 6) is -0.158. The number of benzene rings is 4. The van der Waals surface area contributed by atoms with Gasteiger partial charge >= 0.3 is 0 Å². The second kappa shape index (κ2) is 10.7. The molecule has 0 spiro atoms. The number of aromatic nitrogens is 2. The van der Waals surface area contributed by atoms with Gasteiger partial charge in [-0.15, -0.1) is 0 Å². The van der Waals surface area contributed by atoms with Crippen molar-refractivity contribution in [1.29, 1.82) is 0 Å². The Balaban J connectivity index is 1.54. The zero-order valence-corrected chi connectivity index (χ0v) is 21.5. The molecule has 0 bridgehead atoms. The number of aryl methyl sites for hydroxylation is 3. The average Bonchev–Trinajstić information content (AvgIpc) is 3.37.